The third-order valence-electron chi connectivity index (χ3n) is 3.11. The minimum absolute atomic E-state index is 0.123. The molecule has 4 nitrogen and oxygen atoms in total. The van der Waals surface area contributed by atoms with Gasteiger partial charge in [0.1, 0.15) is 22.6 Å². The highest BCUT2D eigenvalue weighted by Crippen LogP contribution is 2.33. The molecule has 0 bridgehead atoms. The number of rotatable bonds is 3. The number of anilines is 1. The van der Waals surface area contributed by atoms with E-state index < -0.39 is 0 Å². The lowest BCUT2D eigenvalue weighted by molar-refractivity contribution is 0.546. The Morgan fingerprint density at radius 3 is 2.52 bits per heavy atom. The van der Waals surface area contributed by atoms with Gasteiger partial charge >= 0.3 is 0 Å². The molecule has 0 saturated heterocycles. The van der Waals surface area contributed by atoms with Crippen molar-refractivity contribution in [2.45, 2.75) is 40.0 Å². The Balaban J connectivity index is 2.63. The maximum absolute atomic E-state index is 9.01. The van der Waals surface area contributed by atoms with Gasteiger partial charge in [0.15, 0.2) is 0 Å². The summed E-state index contributed by atoms with van der Waals surface area (Å²) in [5.41, 5.74) is 1.82. The number of hydrogen-bond acceptors (Lipinski definition) is 5. The second-order valence-corrected chi connectivity index (χ2v) is 7.01. The Hall–Kier alpha value is -1.93. The van der Waals surface area contributed by atoms with Gasteiger partial charge in [-0.05, 0) is 26.0 Å². The zero-order valence-corrected chi connectivity index (χ0v) is 13.9. The Bertz CT molecular complexity index is 689. The highest BCUT2D eigenvalue weighted by Gasteiger charge is 2.22. The lowest BCUT2D eigenvalue weighted by Gasteiger charge is -2.20. The second kappa shape index (κ2) is 5.82. The zero-order chi connectivity index (χ0) is 15.6. The van der Waals surface area contributed by atoms with E-state index in [1.54, 1.807) is 0 Å². The molecular weight excluding hydrogens is 280 g/mol. The molecule has 0 unspecified atom stereocenters. The quantitative estimate of drug-likeness (QED) is 0.926. The Morgan fingerprint density at radius 2 is 2.00 bits per heavy atom. The van der Waals surface area contributed by atoms with E-state index in [0.717, 1.165) is 34.3 Å². The lowest BCUT2D eigenvalue weighted by Crippen LogP contribution is -2.18. The average Bonchev–Trinajstić information content (AvgIpc) is 2.88. The van der Waals surface area contributed by atoms with Crippen molar-refractivity contribution in [2.24, 2.45) is 0 Å². The molecular formula is C16H20N4S. The smallest absolute Gasteiger partial charge is 0.136 e. The molecule has 21 heavy (non-hydrogen) atoms. The van der Waals surface area contributed by atoms with E-state index in [2.05, 4.69) is 44.1 Å². The van der Waals surface area contributed by atoms with Crippen LogP contribution < -0.4 is 5.32 Å². The first-order valence-corrected chi connectivity index (χ1v) is 7.81. The summed E-state index contributed by atoms with van der Waals surface area (Å²) >= 11 is 1.47. The average molecular weight is 300 g/mol. The predicted molar refractivity (Wildman–Crippen MR) is 87.7 cm³/mol. The summed E-state index contributed by atoms with van der Waals surface area (Å²) in [6.45, 7) is 11.2. The van der Waals surface area contributed by atoms with Crippen molar-refractivity contribution in [3.05, 3.63) is 28.4 Å². The van der Waals surface area contributed by atoms with Gasteiger partial charge in [0.05, 0.1) is 10.6 Å². The number of thiophene rings is 1. The van der Waals surface area contributed by atoms with Crippen LogP contribution in [0.25, 0.3) is 10.6 Å². The molecule has 0 amide bonds. The van der Waals surface area contributed by atoms with E-state index in [4.69, 9.17) is 10.2 Å². The summed E-state index contributed by atoms with van der Waals surface area (Å²) in [6, 6.07) is 5.98. The van der Waals surface area contributed by atoms with Crippen molar-refractivity contribution in [1.82, 2.24) is 9.97 Å². The number of nitrogens with one attached hydrogen (secondary N) is 1. The van der Waals surface area contributed by atoms with Gasteiger partial charge in [-0.25, -0.2) is 9.97 Å². The molecule has 0 atom stereocenters. The first-order chi connectivity index (χ1) is 9.86. The van der Waals surface area contributed by atoms with Crippen molar-refractivity contribution in [3.63, 3.8) is 0 Å². The van der Waals surface area contributed by atoms with E-state index in [1.807, 2.05) is 19.1 Å². The minimum Gasteiger partial charge on any atom is -0.370 e. The Kier molecular flexibility index (Phi) is 4.29. The first-order valence-electron chi connectivity index (χ1n) is 7.00. The molecule has 5 heteroatoms. The van der Waals surface area contributed by atoms with E-state index in [-0.39, 0.29) is 5.41 Å². The van der Waals surface area contributed by atoms with Crippen LogP contribution in [0.5, 0.6) is 0 Å². The molecule has 1 N–H and O–H groups in total. The first kappa shape index (κ1) is 15.5. The molecule has 0 saturated carbocycles. The van der Waals surface area contributed by atoms with Crippen molar-refractivity contribution in [1.29, 1.82) is 5.26 Å². The summed E-state index contributed by atoms with van der Waals surface area (Å²) in [5.74, 6) is 1.69. The maximum atomic E-state index is 9.01. The van der Waals surface area contributed by atoms with Crippen LogP contribution in [0.4, 0.5) is 5.82 Å². The third-order valence-corrected chi connectivity index (χ3v) is 4.11. The molecule has 0 fully saturated rings. The van der Waals surface area contributed by atoms with Crippen LogP contribution >= 0.6 is 11.3 Å². The molecule has 0 radical (unpaired) electrons. The highest BCUT2D eigenvalue weighted by atomic mass is 32.1. The summed E-state index contributed by atoms with van der Waals surface area (Å²) < 4.78 is 0. The van der Waals surface area contributed by atoms with Crippen LogP contribution in [0, 0.1) is 18.3 Å². The van der Waals surface area contributed by atoms with Gasteiger partial charge in [0.2, 0.25) is 0 Å². The topological polar surface area (TPSA) is 61.6 Å². The van der Waals surface area contributed by atoms with E-state index in [9.17, 15) is 0 Å². The molecule has 0 aliphatic carbocycles. The van der Waals surface area contributed by atoms with Crippen LogP contribution in [0.15, 0.2) is 12.1 Å². The molecule has 0 aliphatic rings. The number of nitriles is 1. The van der Waals surface area contributed by atoms with Gasteiger partial charge in [0, 0.05) is 17.5 Å². The SMILES string of the molecule is CCNc1nc(C(C)(C)C)nc(-c2ccc(C#N)s2)c1C. The van der Waals surface area contributed by atoms with Crippen molar-refractivity contribution < 1.29 is 0 Å². The summed E-state index contributed by atoms with van der Waals surface area (Å²) in [4.78, 5) is 11.1. The fourth-order valence-electron chi connectivity index (χ4n) is 1.96. The standard InChI is InChI=1S/C16H20N4S/c1-6-18-14-10(2)13(12-8-7-11(9-17)21-12)19-15(20-14)16(3,4)5/h7-8H,6H2,1-5H3,(H,18,19,20). The van der Waals surface area contributed by atoms with Crippen molar-refractivity contribution in [3.8, 4) is 16.6 Å². The van der Waals surface area contributed by atoms with Crippen molar-refractivity contribution in [2.75, 3.05) is 11.9 Å². The van der Waals surface area contributed by atoms with Gasteiger partial charge in [-0.3, -0.25) is 0 Å². The second-order valence-electron chi connectivity index (χ2n) is 5.93. The van der Waals surface area contributed by atoms with E-state index in [1.165, 1.54) is 11.3 Å². The molecule has 2 aromatic rings. The van der Waals surface area contributed by atoms with Crippen molar-refractivity contribution >= 4 is 17.2 Å². The molecule has 0 aromatic carbocycles. The minimum atomic E-state index is -0.123. The highest BCUT2D eigenvalue weighted by molar-refractivity contribution is 7.16. The van der Waals surface area contributed by atoms with Crippen LogP contribution in [0.1, 0.15) is 44.0 Å². The monoisotopic (exact) mass is 300 g/mol. The van der Waals surface area contributed by atoms with Crippen LogP contribution in [0.2, 0.25) is 0 Å². The predicted octanol–water partition coefficient (Wildman–Crippen LogP) is 4.11. The Labute approximate surface area is 129 Å². The van der Waals surface area contributed by atoms with Gasteiger partial charge in [-0.2, -0.15) is 5.26 Å². The van der Waals surface area contributed by atoms with Crippen LogP contribution in [-0.2, 0) is 5.41 Å². The van der Waals surface area contributed by atoms with Gasteiger partial charge in [-0.1, -0.05) is 20.8 Å². The molecule has 0 aliphatic heterocycles. The number of nitrogens with zero attached hydrogens (tertiary/aromatic N) is 3. The van der Waals surface area contributed by atoms with Crippen LogP contribution in [0.3, 0.4) is 0 Å². The lowest BCUT2D eigenvalue weighted by atomic mass is 9.95. The largest absolute Gasteiger partial charge is 0.370 e. The van der Waals surface area contributed by atoms with Crippen LogP contribution in [-0.4, -0.2) is 16.5 Å². The molecule has 2 aromatic heterocycles. The molecule has 0 spiro atoms. The molecule has 2 rings (SSSR count). The fourth-order valence-corrected chi connectivity index (χ4v) is 2.81. The van der Waals surface area contributed by atoms with E-state index in [0.29, 0.717) is 4.88 Å². The van der Waals surface area contributed by atoms with E-state index >= 15 is 0 Å². The summed E-state index contributed by atoms with van der Waals surface area (Å²) in [6.07, 6.45) is 0. The fraction of sp³-hybridized carbons (Fsp3) is 0.438. The Morgan fingerprint density at radius 1 is 1.29 bits per heavy atom. The van der Waals surface area contributed by atoms with Gasteiger partial charge < -0.3 is 5.32 Å². The maximum Gasteiger partial charge on any atom is 0.136 e. The number of hydrogen-bond donors (Lipinski definition) is 1. The summed E-state index contributed by atoms with van der Waals surface area (Å²) in [7, 11) is 0. The zero-order valence-electron chi connectivity index (χ0n) is 13.1. The third kappa shape index (κ3) is 3.22. The van der Waals surface area contributed by atoms with Gasteiger partial charge in [-0.15, -0.1) is 11.3 Å². The molecule has 2 heterocycles. The van der Waals surface area contributed by atoms with Gasteiger partial charge in [0.25, 0.3) is 0 Å². The summed E-state index contributed by atoms with van der Waals surface area (Å²) in [5, 5.41) is 12.3. The number of aromatic nitrogens is 2. The molecule has 110 valence electrons. The normalized spacial score (nSPS) is 11.2.